The summed E-state index contributed by atoms with van der Waals surface area (Å²) in [5.74, 6) is 0.672. The highest BCUT2D eigenvalue weighted by Gasteiger charge is 2.20. The van der Waals surface area contributed by atoms with Crippen molar-refractivity contribution in [1.29, 1.82) is 0 Å². The summed E-state index contributed by atoms with van der Waals surface area (Å²) in [6.45, 7) is 7.48. The zero-order valence-corrected chi connectivity index (χ0v) is 7.48. The Morgan fingerprint density at radius 3 is 2.91 bits per heavy atom. The molecule has 11 heavy (non-hydrogen) atoms. The van der Waals surface area contributed by atoms with E-state index in [9.17, 15) is 0 Å². The molecule has 0 aliphatic carbocycles. The number of halogens is 1. The van der Waals surface area contributed by atoms with Gasteiger partial charge in [0.05, 0.1) is 0 Å². The molecular formula is C8H15ClN2. The van der Waals surface area contributed by atoms with Gasteiger partial charge in [-0.25, -0.2) is 0 Å². The highest BCUT2D eigenvalue weighted by molar-refractivity contribution is 6.29. The van der Waals surface area contributed by atoms with Gasteiger partial charge in [0, 0.05) is 18.1 Å². The zero-order chi connectivity index (χ0) is 8.27. The van der Waals surface area contributed by atoms with Gasteiger partial charge in [0.25, 0.3) is 0 Å². The van der Waals surface area contributed by atoms with Crippen LogP contribution in [0.5, 0.6) is 0 Å². The van der Waals surface area contributed by atoms with E-state index in [1.807, 2.05) is 0 Å². The third-order valence-corrected chi connectivity index (χ3v) is 2.22. The molecule has 1 aliphatic rings. The fourth-order valence-corrected chi connectivity index (χ4v) is 1.66. The van der Waals surface area contributed by atoms with Crippen molar-refractivity contribution in [3.8, 4) is 0 Å². The predicted octanol–water partition coefficient (Wildman–Crippen LogP) is 1.02. The highest BCUT2D eigenvalue weighted by Crippen LogP contribution is 2.16. The summed E-state index contributed by atoms with van der Waals surface area (Å²) in [6.07, 6.45) is 1.21. The fourth-order valence-electron chi connectivity index (χ4n) is 1.49. The van der Waals surface area contributed by atoms with Gasteiger partial charge in [-0.1, -0.05) is 18.2 Å². The number of hydrogen-bond acceptors (Lipinski definition) is 2. The largest absolute Gasteiger partial charge is 0.330 e. The molecule has 0 aromatic rings. The first kappa shape index (κ1) is 9.04. The van der Waals surface area contributed by atoms with Gasteiger partial charge in [-0.15, -0.1) is 0 Å². The summed E-state index contributed by atoms with van der Waals surface area (Å²) in [6, 6.07) is 0. The normalized spacial score (nSPS) is 25.8. The first-order chi connectivity index (χ1) is 5.22. The fraction of sp³-hybridized carbons (Fsp3) is 0.750. The van der Waals surface area contributed by atoms with E-state index < -0.39 is 0 Å². The summed E-state index contributed by atoms with van der Waals surface area (Å²) in [7, 11) is 0. The summed E-state index contributed by atoms with van der Waals surface area (Å²) < 4.78 is 0. The molecule has 0 radical (unpaired) electrons. The Morgan fingerprint density at radius 1 is 1.73 bits per heavy atom. The molecule has 0 bridgehead atoms. The molecule has 3 heteroatoms. The van der Waals surface area contributed by atoms with Crippen molar-refractivity contribution in [2.45, 2.75) is 6.42 Å². The molecule has 0 aromatic heterocycles. The summed E-state index contributed by atoms with van der Waals surface area (Å²) in [4.78, 5) is 2.30. The number of hydrogen-bond donors (Lipinski definition) is 1. The summed E-state index contributed by atoms with van der Waals surface area (Å²) >= 11 is 5.68. The van der Waals surface area contributed by atoms with Gasteiger partial charge in [0.1, 0.15) is 0 Å². The minimum absolute atomic E-state index is 0.672. The summed E-state index contributed by atoms with van der Waals surface area (Å²) in [5, 5.41) is 0.725. The molecule has 1 rings (SSSR count). The van der Waals surface area contributed by atoms with Crippen LogP contribution in [-0.2, 0) is 0 Å². The van der Waals surface area contributed by atoms with Gasteiger partial charge >= 0.3 is 0 Å². The predicted molar refractivity (Wildman–Crippen MR) is 48.6 cm³/mol. The summed E-state index contributed by atoms with van der Waals surface area (Å²) in [5.41, 5.74) is 5.54. The number of likely N-dealkylation sites (tertiary alicyclic amines) is 1. The smallest absolute Gasteiger partial charge is 0.0335 e. The highest BCUT2D eigenvalue weighted by atomic mass is 35.5. The molecule has 1 fully saturated rings. The van der Waals surface area contributed by atoms with Crippen molar-refractivity contribution in [3.63, 3.8) is 0 Å². The Hall–Kier alpha value is -0.0500. The van der Waals surface area contributed by atoms with Crippen LogP contribution < -0.4 is 5.73 Å². The van der Waals surface area contributed by atoms with Gasteiger partial charge < -0.3 is 5.73 Å². The van der Waals surface area contributed by atoms with Crippen LogP contribution >= 0.6 is 11.6 Å². The molecule has 2 N–H and O–H groups in total. The molecule has 2 nitrogen and oxygen atoms in total. The maximum absolute atomic E-state index is 5.68. The SMILES string of the molecule is C=C(Cl)CN1CCC(CN)C1. The third-order valence-electron chi connectivity index (χ3n) is 2.10. The van der Waals surface area contributed by atoms with Crippen LogP contribution in [0.3, 0.4) is 0 Å². The van der Waals surface area contributed by atoms with Crippen molar-refractivity contribution in [2.24, 2.45) is 11.7 Å². The molecule has 0 saturated carbocycles. The molecule has 1 saturated heterocycles. The van der Waals surface area contributed by atoms with E-state index in [2.05, 4.69) is 11.5 Å². The second kappa shape index (κ2) is 4.10. The van der Waals surface area contributed by atoms with E-state index in [1.54, 1.807) is 0 Å². The molecule has 1 heterocycles. The molecule has 1 aliphatic heterocycles. The lowest BCUT2D eigenvalue weighted by molar-refractivity contribution is 0.358. The lowest BCUT2D eigenvalue weighted by atomic mass is 10.1. The maximum atomic E-state index is 5.68. The van der Waals surface area contributed by atoms with Crippen LogP contribution in [0, 0.1) is 5.92 Å². The van der Waals surface area contributed by atoms with Gasteiger partial charge in [-0.3, -0.25) is 4.90 Å². The van der Waals surface area contributed by atoms with E-state index in [-0.39, 0.29) is 0 Å². The first-order valence-corrected chi connectivity index (χ1v) is 4.36. The van der Waals surface area contributed by atoms with Gasteiger partial charge in [-0.05, 0) is 25.4 Å². The molecule has 1 atom stereocenters. The number of nitrogens with two attached hydrogens (primary N) is 1. The van der Waals surface area contributed by atoms with E-state index in [0.717, 1.165) is 31.2 Å². The van der Waals surface area contributed by atoms with Crippen LogP contribution in [0.15, 0.2) is 11.6 Å². The topological polar surface area (TPSA) is 29.3 Å². The van der Waals surface area contributed by atoms with Crippen molar-refractivity contribution < 1.29 is 0 Å². The first-order valence-electron chi connectivity index (χ1n) is 3.98. The average Bonchev–Trinajstić information content (AvgIpc) is 2.34. The Balaban J connectivity index is 2.24. The minimum atomic E-state index is 0.672. The molecule has 0 spiro atoms. The molecule has 0 amide bonds. The van der Waals surface area contributed by atoms with Crippen LogP contribution in [0.1, 0.15) is 6.42 Å². The monoisotopic (exact) mass is 174 g/mol. The van der Waals surface area contributed by atoms with E-state index in [1.165, 1.54) is 6.42 Å². The standard InChI is InChI=1S/C8H15ClN2/c1-7(9)5-11-3-2-8(4-10)6-11/h8H,1-6,10H2. The van der Waals surface area contributed by atoms with Gasteiger partial charge in [0.2, 0.25) is 0 Å². The van der Waals surface area contributed by atoms with E-state index in [4.69, 9.17) is 17.3 Å². The average molecular weight is 175 g/mol. The van der Waals surface area contributed by atoms with Crippen LogP contribution in [-0.4, -0.2) is 31.1 Å². The Kier molecular flexibility index (Phi) is 3.37. The third kappa shape index (κ3) is 2.81. The van der Waals surface area contributed by atoms with Crippen molar-refractivity contribution in [2.75, 3.05) is 26.2 Å². The molecule has 64 valence electrons. The van der Waals surface area contributed by atoms with Crippen LogP contribution in [0.25, 0.3) is 0 Å². The van der Waals surface area contributed by atoms with Gasteiger partial charge in [0.15, 0.2) is 0 Å². The lowest BCUT2D eigenvalue weighted by Gasteiger charge is -2.13. The zero-order valence-electron chi connectivity index (χ0n) is 6.72. The van der Waals surface area contributed by atoms with Crippen molar-refractivity contribution >= 4 is 11.6 Å². The lowest BCUT2D eigenvalue weighted by Crippen LogP contribution is -2.24. The van der Waals surface area contributed by atoms with E-state index in [0.29, 0.717) is 5.92 Å². The van der Waals surface area contributed by atoms with Crippen molar-refractivity contribution in [1.82, 2.24) is 4.90 Å². The minimum Gasteiger partial charge on any atom is -0.330 e. The second-order valence-corrected chi connectivity index (χ2v) is 3.68. The van der Waals surface area contributed by atoms with Crippen molar-refractivity contribution in [3.05, 3.63) is 11.6 Å². The number of rotatable bonds is 3. The molecule has 0 aromatic carbocycles. The molecular weight excluding hydrogens is 160 g/mol. The Labute approximate surface area is 73.0 Å². The Bertz CT molecular complexity index is 147. The molecule has 1 unspecified atom stereocenters. The van der Waals surface area contributed by atoms with Crippen LogP contribution in [0.4, 0.5) is 0 Å². The second-order valence-electron chi connectivity index (χ2n) is 3.14. The quantitative estimate of drug-likeness (QED) is 0.693. The number of nitrogens with zero attached hydrogens (tertiary/aromatic N) is 1. The van der Waals surface area contributed by atoms with Crippen LogP contribution in [0.2, 0.25) is 0 Å². The van der Waals surface area contributed by atoms with Gasteiger partial charge in [-0.2, -0.15) is 0 Å². The Morgan fingerprint density at radius 2 is 2.45 bits per heavy atom. The maximum Gasteiger partial charge on any atom is 0.0335 e. The van der Waals surface area contributed by atoms with E-state index >= 15 is 0 Å².